The number of nitrogens with one attached hydrogen (secondary N) is 1. The average Bonchev–Trinajstić information content (AvgIpc) is 2.29. The van der Waals surface area contributed by atoms with Crippen molar-refractivity contribution in [2.45, 2.75) is 13.3 Å². The molecule has 1 aromatic carbocycles. The largest absolute Gasteiger partial charge is 0.460 e. The highest BCUT2D eigenvalue weighted by Gasteiger charge is 2.17. The molecule has 2 rings (SSSR count). The molecule has 0 bridgehead atoms. The molecule has 1 aliphatic rings. The third kappa shape index (κ3) is 2.39. The van der Waals surface area contributed by atoms with Crippen LogP contribution in [0, 0.1) is 0 Å². The van der Waals surface area contributed by atoms with E-state index in [1.165, 1.54) is 5.56 Å². The monoisotopic (exact) mass is 219 g/mol. The van der Waals surface area contributed by atoms with Crippen molar-refractivity contribution < 1.29 is 14.2 Å². The van der Waals surface area contributed by atoms with Crippen LogP contribution in [0.3, 0.4) is 0 Å². The Labute approximate surface area is 94.5 Å². The zero-order chi connectivity index (χ0) is 11.4. The normalized spacial score (nSPS) is 13.7. The predicted molar refractivity (Wildman–Crippen MR) is 60.6 cm³/mol. The lowest BCUT2D eigenvalue weighted by Crippen LogP contribution is -2.39. The van der Waals surface area contributed by atoms with E-state index in [1.54, 1.807) is 11.6 Å². The number of hydrogen-bond donors (Lipinski definition) is 1. The summed E-state index contributed by atoms with van der Waals surface area (Å²) in [6.45, 7) is 2.95. The molecule has 16 heavy (non-hydrogen) atoms. The number of amides is 1. The number of fused-ring (bicyclic) bond motifs is 1. The van der Waals surface area contributed by atoms with Gasteiger partial charge in [-0.05, 0) is 18.6 Å². The van der Waals surface area contributed by atoms with Crippen LogP contribution in [0.15, 0.2) is 24.3 Å². The van der Waals surface area contributed by atoms with Gasteiger partial charge in [-0.1, -0.05) is 23.6 Å². The summed E-state index contributed by atoms with van der Waals surface area (Å²) in [6, 6.07) is 8.16. The first-order valence-corrected chi connectivity index (χ1v) is 5.42. The Kier molecular flexibility index (Phi) is 3.19. The number of rotatable bonds is 2. The number of nitrogens with zero attached hydrogens (tertiary/aromatic N) is 1. The minimum atomic E-state index is -0.405. The highest BCUT2D eigenvalue weighted by Crippen LogP contribution is 2.10. The SMILES string of the molecule is CCOC(=O)N[N+]1=Cc2ccccc2CC1. The van der Waals surface area contributed by atoms with Crippen LogP contribution in [0.25, 0.3) is 0 Å². The van der Waals surface area contributed by atoms with Gasteiger partial charge in [0.05, 0.1) is 6.61 Å². The molecule has 1 amide bonds. The van der Waals surface area contributed by atoms with Gasteiger partial charge in [0.2, 0.25) is 6.21 Å². The van der Waals surface area contributed by atoms with Crippen molar-refractivity contribution >= 4 is 12.3 Å². The maximum Gasteiger partial charge on any atom is 0.460 e. The molecule has 4 heteroatoms. The number of carbonyl (C=O) groups excluding carboxylic acids is 1. The zero-order valence-corrected chi connectivity index (χ0v) is 9.27. The van der Waals surface area contributed by atoms with Crippen LogP contribution < -0.4 is 5.43 Å². The van der Waals surface area contributed by atoms with E-state index < -0.39 is 6.09 Å². The van der Waals surface area contributed by atoms with E-state index in [1.807, 2.05) is 24.4 Å². The second kappa shape index (κ2) is 4.79. The molecule has 0 fully saturated rings. The highest BCUT2D eigenvalue weighted by atomic mass is 16.6. The molecule has 0 aromatic heterocycles. The van der Waals surface area contributed by atoms with Crippen LogP contribution in [0.5, 0.6) is 0 Å². The fraction of sp³-hybridized carbons (Fsp3) is 0.333. The van der Waals surface area contributed by atoms with Crippen molar-refractivity contribution in [1.82, 2.24) is 5.43 Å². The summed E-state index contributed by atoms with van der Waals surface area (Å²) in [7, 11) is 0. The topological polar surface area (TPSA) is 41.3 Å². The van der Waals surface area contributed by atoms with Crippen LogP contribution in [0.4, 0.5) is 4.79 Å². The van der Waals surface area contributed by atoms with Crippen LogP contribution >= 0.6 is 0 Å². The molecule has 1 heterocycles. The Morgan fingerprint density at radius 1 is 1.50 bits per heavy atom. The second-order valence-electron chi connectivity index (χ2n) is 3.60. The maximum atomic E-state index is 11.2. The van der Waals surface area contributed by atoms with E-state index in [0.29, 0.717) is 6.61 Å². The van der Waals surface area contributed by atoms with Crippen LogP contribution in [-0.4, -0.2) is 30.1 Å². The smallest absolute Gasteiger partial charge is 0.446 e. The Hall–Kier alpha value is -1.84. The van der Waals surface area contributed by atoms with E-state index in [2.05, 4.69) is 11.5 Å². The van der Waals surface area contributed by atoms with Gasteiger partial charge in [-0.25, -0.2) is 4.79 Å². The summed E-state index contributed by atoms with van der Waals surface area (Å²) < 4.78 is 6.59. The van der Waals surface area contributed by atoms with Gasteiger partial charge in [0, 0.05) is 12.0 Å². The minimum absolute atomic E-state index is 0.385. The number of hydrogen-bond acceptors (Lipinski definition) is 2. The van der Waals surface area contributed by atoms with Crippen molar-refractivity contribution in [3.05, 3.63) is 35.4 Å². The molecule has 0 saturated heterocycles. The molecule has 0 radical (unpaired) electrons. The minimum Gasteiger partial charge on any atom is -0.446 e. The van der Waals surface area contributed by atoms with E-state index >= 15 is 0 Å². The van der Waals surface area contributed by atoms with E-state index in [9.17, 15) is 4.79 Å². The van der Waals surface area contributed by atoms with Crippen molar-refractivity contribution in [2.75, 3.05) is 13.2 Å². The summed E-state index contributed by atoms with van der Waals surface area (Å²) in [6.07, 6.45) is 2.45. The molecular formula is C12H15N2O2+. The molecule has 0 aliphatic carbocycles. The number of carbonyl (C=O) groups is 1. The fourth-order valence-electron chi connectivity index (χ4n) is 1.73. The Balaban J connectivity index is 2.09. The first-order chi connectivity index (χ1) is 7.79. The molecule has 0 spiro atoms. The third-order valence-electron chi connectivity index (χ3n) is 2.48. The summed E-state index contributed by atoms with van der Waals surface area (Å²) in [5.74, 6) is 0. The van der Waals surface area contributed by atoms with E-state index in [-0.39, 0.29) is 0 Å². The lowest BCUT2D eigenvalue weighted by Gasteiger charge is -2.11. The first-order valence-electron chi connectivity index (χ1n) is 5.42. The molecule has 1 N–H and O–H groups in total. The predicted octanol–water partition coefficient (Wildman–Crippen LogP) is 1.34. The Morgan fingerprint density at radius 3 is 3.12 bits per heavy atom. The molecule has 0 saturated carbocycles. The van der Waals surface area contributed by atoms with Gasteiger partial charge in [-0.15, -0.1) is 4.68 Å². The van der Waals surface area contributed by atoms with Gasteiger partial charge in [-0.2, -0.15) is 0 Å². The molecule has 0 atom stereocenters. The maximum absolute atomic E-state index is 11.2. The number of hydrazone groups is 1. The first kappa shape index (κ1) is 10.7. The fourth-order valence-corrected chi connectivity index (χ4v) is 1.73. The Bertz CT molecular complexity index is 427. The number of benzene rings is 1. The molecule has 0 unspecified atom stereocenters. The average molecular weight is 219 g/mol. The number of ether oxygens (including phenoxy) is 1. The van der Waals surface area contributed by atoms with Crippen molar-refractivity contribution in [2.24, 2.45) is 0 Å². The van der Waals surface area contributed by atoms with Gasteiger partial charge in [0.1, 0.15) is 0 Å². The summed E-state index contributed by atoms with van der Waals surface area (Å²) in [5, 5.41) is 0. The van der Waals surface area contributed by atoms with Crippen LogP contribution in [0.1, 0.15) is 18.1 Å². The van der Waals surface area contributed by atoms with Crippen molar-refractivity contribution in [1.29, 1.82) is 0 Å². The van der Waals surface area contributed by atoms with E-state index in [4.69, 9.17) is 4.74 Å². The highest BCUT2D eigenvalue weighted by molar-refractivity contribution is 5.79. The standard InChI is InChI=1S/C12H14N2O2/c1-2-16-12(15)13-14-8-7-10-5-3-4-6-11(10)9-14/h3-6,9H,2,7-8H2,1H3/p+1. The van der Waals surface area contributed by atoms with Gasteiger partial charge >= 0.3 is 6.09 Å². The molecule has 4 nitrogen and oxygen atoms in total. The summed E-state index contributed by atoms with van der Waals surface area (Å²) in [5.41, 5.74) is 5.13. The Morgan fingerprint density at radius 2 is 2.31 bits per heavy atom. The van der Waals surface area contributed by atoms with Gasteiger partial charge in [0.25, 0.3) is 0 Å². The molecule has 1 aromatic rings. The lowest BCUT2D eigenvalue weighted by molar-refractivity contribution is -0.570. The third-order valence-corrected chi connectivity index (χ3v) is 2.48. The van der Waals surface area contributed by atoms with Crippen LogP contribution in [0.2, 0.25) is 0 Å². The summed E-state index contributed by atoms with van der Waals surface area (Å²) in [4.78, 5) is 11.2. The lowest BCUT2D eigenvalue weighted by atomic mass is 10.0. The van der Waals surface area contributed by atoms with Gasteiger partial charge in [-0.3, -0.25) is 0 Å². The molecular weight excluding hydrogens is 204 g/mol. The zero-order valence-electron chi connectivity index (χ0n) is 9.27. The van der Waals surface area contributed by atoms with E-state index in [0.717, 1.165) is 18.5 Å². The molecule has 84 valence electrons. The van der Waals surface area contributed by atoms with Crippen molar-refractivity contribution in [3.8, 4) is 0 Å². The van der Waals surface area contributed by atoms with Crippen molar-refractivity contribution in [3.63, 3.8) is 0 Å². The number of hydrazine groups is 1. The summed E-state index contributed by atoms with van der Waals surface area (Å²) >= 11 is 0. The quantitative estimate of drug-likeness (QED) is 0.762. The second-order valence-corrected chi connectivity index (χ2v) is 3.60. The van der Waals surface area contributed by atoms with Crippen LogP contribution in [-0.2, 0) is 11.2 Å². The molecule has 1 aliphatic heterocycles. The van der Waals surface area contributed by atoms with Gasteiger partial charge in [0.15, 0.2) is 6.54 Å². The van der Waals surface area contributed by atoms with Gasteiger partial charge < -0.3 is 4.74 Å².